The molecule has 3 aromatic rings. The second kappa shape index (κ2) is 7.03. The molecule has 7 nitrogen and oxygen atoms in total. The molecule has 1 aromatic heterocycles. The van der Waals surface area contributed by atoms with Gasteiger partial charge in [0.05, 0.1) is 7.11 Å². The minimum absolute atomic E-state index is 0.0602. The molecule has 27 heavy (non-hydrogen) atoms. The van der Waals surface area contributed by atoms with Crippen molar-refractivity contribution in [3.05, 3.63) is 64.5 Å². The molecule has 4 rings (SSSR count). The Morgan fingerprint density at radius 2 is 1.96 bits per heavy atom. The van der Waals surface area contributed by atoms with E-state index in [-0.39, 0.29) is 13.2 Å². The number of carbonyl (C=O) groups is 1. The van der Waals surface area contributed by atoms with E-state index in [9.17, 15) is 9.59 Å². The molecule has 0 radical (unpaired) electrons. The van der Waals surface area contributed by atoms with Crippen molar-refractivity contribution in [3.8, 4) is 17.2 Å². The van der Waals surface area contributed by atoms with Gasteiger partial charge in [0.15, 0.2) is 11.5 Å². The highest BCUT2D eigenvalue weighted by Crippen LogP contribution is 2.31. The third-order valence-electron chi connectivity index (χ3n) is 4.18. The van der Waals surface area contributed by atoms with Gasteiger partial charge in [-0.15, -0.1) is 0 Å². The second-order valence-corrected chi connectivity index (χ2v) is 5.92. The number of methoxy groups -OCH3 is 1. The van der Waals surface area contributed by atoms with Crippen LogP contribution in [0.15, 0.2) is 57.7 Å². The molecule has 0 spiro atoms. The standard InChI is InChI=1S/C20H16O7/c1-23-13-6-7-14-12(8-19(21)27-17(14)9-13)10-25-20(22)18-11-24-15-4-2-3-5-16(15)26-18/h2-9,18H,10-11H2,1H3/t18-/m1/s1. The summed E-state index contributed by atoms with van der Waals surface area (Å²) in [5.74, 6) is 1.07. The smallest absolute Gasteiger partial charge is 0.351 e. The molecule has 0 bridgehead atoms. The first-order valence-corrected chi connectivity index (χ1v) is 8.30. The zero-order chi connectivity index (χ0) is 18.8. The van der Waals surface area contributed by atoms with Crippen LogP contribution in [0.3, 0.4) is 0 Å². The van der Waals surface area contributed by atoms with Crippen LogP contribution in [0.1, 0.15) is 5.56 Å². The van der Waals surface area contributed by atoms with Gasteiger partial charge in [0, 0.05) is 23.1 Å². The van der Waals surface area contributed by atoms with Gasteiger partial charge in [0.25, 0.3) is 0 Å². The molecule has 0 aliphatic carbocycles. The van der Waals surface area contributed by atoms with Gasteiger partial charge in [-0.1, -0.05) is 12.1 Å². The molecule has 2 aromatic carbocycles. The summed E-state index contributed by atoms with van der Waals surface area (Å²) in [5, 5.41) is 0.661. The molecular weight excluding hydrogens is 352 g/mol. The molecule has 1 aliphatic heterocycles. The summed E-state index contributed by atoms with van der Waals surface area (Å²) in [7, 11) is 1.52. The quantitative estimate of drug-likeness (QED) is 0.517. The highest BCUT2D eigenvalue weighted by atomic mass is 16.6. The third-order valence-corrected chi connectivity index (χ3v) is 4.18. The third kappa shape index (κ3) is 3.44. The minimum atomic E-state index is -0.869. The van der Waals surface area contributed by atoms with E-state index in [1.54, 1.807) is 36.4 Å². The Bertz CT molecular complexity index is 1050. The van der Waals surface area contributed by atoms with Crippen LogP contribution >= 0.6 is 0 Å². The predicted molar refractivity (Wildman–Crippen MR) is 95.2 cm³/mol. The first-order chi connectivity index (χ1) is 13.1. The Kier molecular flexibility index (Phi) is 4.42. The van der Waals surface area contributed by atoms with Crippen LogP contribution < -0.4 is 19.8 Å². The van der Waals surface area contributed by atoms with Gasteiger partial charge in [-0.25, -0.2) is 9.59 Å². The van der Waals surface area contributed by atoms with Gasteiger partial charge in [-0.2, -0.15) is 0 Å². The molecular formula is C20H16O7. The van der Waals surface area contributed by atoms with E-state index in [0.29, 0.717) is 33.8 Å². The fourth-order valence-electron chi connectivity index (χ4n) is 2.83. The van der Waals surface area contributed by atoms with Gasteiger partial charge >= 0.3 is 11.6 Å². The zero-order valence-electron chi connectivity index (χ0n) is 14.5. The number of carbonyl (C=O) groups excluding carboxylic acids is 1. The van der Waals surface area contributed by atoms with Crippen LogP contribution in [-0.4, -0.2) is 25.8 Å². The molecule has 0 saturated heterocycles. The number of fused-ring (bicyclic) bond motifs is 2. The normalized spacial score (nSPS) is 15.4. The number of rotatable bonds is 4. The molecule has 0 saturated carbocycles. The molecule has 2 heterocycles. The SMILES string of the molecule is COc1ccc2c(COC(=O)[C@H]3COc4ccccc4O3)cc(=O)oc2c1. The van der Waals surface area contributed by atoms with Gasteiger partial charge in [0.1, 0.15) is 24.5 Å². The van der Waals surface area contributed by atoms with Gasteiger partial charge in [-0.05, 0) is 24.3 Å². The fourth-order valence-corrected chi connectivity index (χ4v) is 2.83. The van der Waals surface area contributed by atoms with Gasteiger partial charge < -0.3 is 23.4 Å². The lowest BCUT2D eigenvalue weighted by Crippen LogP contribution is -2.37. The molecule has 1 aliphatic rings. The lowest BCUT2D eigenvalue weighted by molar-refractivity contribution is -0.155. The van der Waals surface area contributed by atoms with Crippen molar-refractivity contribution in [3.63, 3.8) is 0 Å². The Morgan fingerprint density at radius 1 is 1.15 bits per heavy atom. The van der Waals surface area contributed by atoms with Gasteiger partial charge in [-0.3, -0.25) is 0 Å². The maximum Gasteiger partial charge on any atom is 0.351 e. The van der Waals surface area contributed by atoms with Crippen LogP contribution in [0.2, 0.25) is 0 Å². The zero-order valence-corrected chi connectivity index (χ0v) is 14.5. The summed E-state index contributed by atoms with van der Waals surface area (Å²) in [6.07, 6.45) is -0.869. The topological polar surface area (TPSA) is 84.2 Å². The van der Waals surface area contributed by atoms with E-state index in [1.807, 2.05) is 6.07 Å². The number of hydrogen-bond donors (Lipinski definition) is 0. The van der Waals surface area contributed by atoms with E-state index < -0.39 is 17.7 Å². The number of para-hydroxylation sites is 2. The Morgan fingerprint density at radius 3 is 2.78 bits per heavy atom. The van der Waals surface area contributed by atoms with Crippen molar-refractivity contribution in [1.29, 1.82) is 0 Å². The van der Waals surface area contributed by atoms with E-state index in [4.69, 9.17) is 23.4 Å². The van der Waals surface area contributed by atoms with Crippen molar-refractivity contribution in [2.45, 2.75) is 12.7 Å². The van der Waals surface area contributed by atoms with Crippen LogP contribution in [0.4, 0.5) is 0 Å². The first-order valence-electron chi connectivity index (χ1n) is 8.30. The molecule has 1 atom stereocenters. The largest absolute Gasteiger partial charge is 0.497 e. The summed E-state index contributed by atoms with van der Waals surface area (Å²) in [6.45, 7) is -0.0283. The number of hydrogen-bond acceptors (Lipinski definition) is 7. The Balaban J connectivity index is 1.50. The molecule has 7 heteroatoms. The maximum atomic E-state index is 12.4. The summed E-state index contributed by atoms with van der Waals surface area (Å²) < 4.78 is 26.8. The number of esters is 1. The van der Waals surface area contributed by atoms with Crippen LogP contribution in [0.5, 0.6) is 17.2 Å². The van der Waals surface area contributed by atoms with Gasteiger partial charge in [0.2, 0.25) is 6.10 Å². The molecule has 0 N–H and O–H groups in total. The average Bonchev–Trinajstić information content (AvgIpc) is 2.70. The van der Waals surface area contributed by atoms with Crippen molar-refractivity contribution in [2.75, 3.05) is 13.7 Å². The second-order valence-electron chi connectivity index (χ2n) is 5.92. The number of ether oxygens (including phenoxy) is 4. The average molecular weight is 368 g/mol. The molecule has 0 amide bonds. The molecule has 138 valence electrons. The van der Waals surface area contributed by atoms with Crippen molar-refractivity contribution in [2.24, 2.45) is 0 Å². The van der Waals surface area contributed by atoms with E-state index >= 15 is 0 Å². The lowest BCUT2D eigenvalue weighted by atomic mass is 10.1. The summed E-state index contributed by atoms with van der Waals surface area (Å²) in [5.41, 5.74) is 0.362. The van der Waals surface area contributed by atoms with Crippen LogP contribution in [0, 0.1) is 0 Å². The van der Waals surface area contributed by atoms with Crippen molar-refractivity contribution >= 4 is 16.9 Å². The maximum absolute atomic E-state index is 12.4. The highest BCUT2D eigenvalue weighted by molar-refractivity contribution is 5.82. The van der Waals surface area contributed by atoms with E-state index in [0.717, 1.165) is 0 Å². The summed E-state index contributed by atoms with van der Waals surface area (Å²) >= 11 is 0. The molecule has 0 unspecified atom stereocenters. The van der Waals surface area contributed by atoms with Crippen molar-refractivity contribution in [1.82, 2.24) is 0 Å². The van der Waals surface area contributed by atoms with E-state index in [2.05, 4.69) is 0 Å². The van der Waals surface area contributed by atoms with Crippen LogP contribution in [-0.2, 0) is 16.1 Å². The highest BCUT2D eigenvalue weighted by Gasteiger charge is 2.28. The summed E-state index contributed by atoms with van der Waals surface area (Å²) in [4.78, 5) is 24.1. The Hall–Kier alpha value is -3.48. The molecule has 0 fully saturated rings. The monoisotopic (exact) mass is 368 g/mol. The minimum Gasteiger partial charge on any atom is -0.497 e. The first kappa shape index (κ1) is 17.0. The Labute approximate surface area is 154 Å². The number of benzene rings is 2. The van der Waals surface area contributed by atoms with Crippen molar-refractivity contribution < 1.29 is 28.2 Å². The lowest BCUT2D eigenvalue weighted by Gasteiger charge is -2.24. The fraction of sp³-hybridized carbons (Fsp3) is 0.200. The van der Waals surface area contributed by atoms with E-state index in [1.165, 1.54) is 13.2 Å². The van der Waals surface area contributed by atoms with Crippen LogP contribution in [0.25, 0.3) is 11.0 Å². The predicted octanol–water partition coefficient (Wildman–Crippen LogP) is 2.68. The summed E-state index contributed by atoms with van der Waals surface area (Å²) in [6, 6.07) is 13.5.